The van der Waals surface area contributed by atoms with Gasteiger partial charge >= 0.3 is 0 Å². The van der Waals surface area contributed by atoms with Gasteiger partial charge in [0, 0.05) is 13.1 Å². The van der Waals surface area contributed by atoms with Gasteiger partial charge in [-0.3, -0.25) is 14.0 Å². The summed E-state index contributed by atoms with van der Waals surface area (Å²) in [4.78, 5) is 17.3. The fraction of sp³-hybridized carbons (Fsp3) is 0.389. The van der Waals surface area contributed by atoms with E-state index in [0.717, 1.165) is 12.8 Å². The Kier molecular flexibility index (Phi) is 3.89. The maximum absolute atomic E-state index is 13.6. The topological polar surface area (TPSA) is 78.7 Å². The Hall–Kier alpha value is -2.25. The molecule has 1 aliphatic rings. The van der Waals surface area contributed by atoms with Gasteiger partial charge in [-0.2, -0.15) is 5.10 Å². The first-order valence-corrected chi connectivity index (χ1v) is 8.93. The fourth-order valence-corrected chi connectivity index (χ4v) is 3.65. The molecule has 0 saturated heterocycles. The van der Waals surface area contributed by atoms with Gasteiger partial charge in [0.25, 0.3) is 5.56 Å². The lowest BCUT2D eigenvalue weighted by Crippen LogP contribution is -2.39. The highest BCUT2D eigenvalue weighted by Crippen LogP contribution is 2.36. The van der Waals surface area contributed by atoms with Crippen molar-refractivity contribution in [1.29, 1.82) is 0 Å². The van der Waals surface area contributed by atoms with Crippen molar-refractivity contribution in [3.8, 4) is 0 Å². The van der Waals surface area contributed by atoms with Crippen molar-refractivity contribution in [2.75, 3.05) is 0 Å². The largest absolute Gasteiger partial charge is 0.316 e. The molecule has 0 spiro atoms. The average molecular weight is 376 g/mol. The second-order valence-corrected chi connectivity index (χ2v) is 7.22. The maximum Gasteiger partial charge on any atom is 0.282 e. The van der Waals surface area contributed by atoms with Crippen molar-refractivity contribution < 1.29 is 4.39 Å². The van der Waals surface area contributed by atoms with E-state index < -0.39 is 11.4 Å². The van der Waals surface area contributed by atoms with Gasteiger partial charge in [-0.1, -0.05) is 24.6 Å². The normalized spacial score (nSPS) is 16.8. The number of nitrogens with two attached hydrogens (primary N) is 1. The summed E-state index contributed by atoms with van der Waals surface area (Å²) in [5.74, 6) is -0.505. The molecule has 8 heteroatoms. The van der Waals surface area contributed by atoms with Crippen LogP contribution in [0.4, 0.5) is 4.39 Å². The molecule has 1 aromatic carbocycles. The van der Waals surface area contributed by atoms with Crippen LogP contribution in [0.1, 0.15) is 43.5 Å². The summed E-state index contributed by atoms with van der Waals surface area (Å²) in [6.07, 6.45) is 4.03. The van der Waals surface area contributed by atoms with Crippen molar-refractivity contribution in [2.45, 2.75) is 37.8 Å². The van der Waals surface area contributed by atoms with Crippen LogP contribution in [0.3, 0.4) is 0 Å². The van der Waals surface area contributed by atoms with E-state index in [4.69, 9.17) is 17.3 Å². The van der Waals surface area contributed by atoms with Gasteiger partial charge < -0.3 is 5.73 Å². The van der Waals surface area contributed by atoms with E-state index in [-0.39, 0.29) is 16.6 Å². The van der Waals surface area contributed by atoms with Crippen LogP contribution in [-0.2, 0) is 12.6 Å². The van der Waals surface area contributed by atoms with Crippen molar-refractivity contribution in [2.24, 2.45) is 12.8 Å². The van der Waals surface area contributed by atoms with E-state index >= 15 is 0 Å². The molecule has 1 saturated carbocycles. The minimum Gasteiger partial charge on any atom is -0.316 e. The minimum absolute atomic E-state index is 0.00120. The molecular weight excluding hydrogens is 357 g/mol. The zero-order chi connectivity index (χ0) is 18.6. The summed E-state index contributed by atoms with van der Waals surface area (Å²) < 4.78 is 16.8. The Labute approximate surface area is 154 Å². The number of fused-ring (bicyclic) bond motifs is 1. The quantitative estimate of drug-likeness (QED) is 0.760. The van der Waals surface area contributed by atoms with E-state index in [0.29, 0.717) is 28.7 Å². The van der Waals surface area contributed by atoms with Gasteiger partial charge in [0.1, 0.15) is 11.3 Å². The van der Waals surface area contributed by atoms with Gasteiger partial charge in [-0.15, -0.1) is 0 Å². The lowest BCUT2D eigenvalue weighted by molar-refractivity contribution is 0.474. The van der Waals surface area contributed by atoms with Crippen molar-refractivity contribution >= 4 is 22.6 Å². The van der Waals surface area contributed by atoms with Crippen LogP contribution >= 0.6 is 11.6 Å². The lowest BCUT2D eigenvalue weighted by atomic mass is 9.84. The van der Waals surface area contributed by atoms with Crippen molar-refractivity contribution in [3.05, 3.63) is 57.0 Å². The van der Waals surface area contributed by atoms with E-state index in [1.807, 2.05) is 6.92 Å². The Morgan fingerprint density at radius 3 is 2.73 bits per heavy atom. The molecule has 3 aromatic rings. The average Bonchev–Trinajstić information content (AvgIpc) is 3.39. The van der Waals surface area contributed by atoms with Crippen molar-refractivity contribution in [3.63, 3.8) is 0 Å². The third-order valence-corrected chi connectivity index (χ3v) is 5.42. The molecule has 2 N–H and O–H groups in total. The number of halogens is 2. The van der Waals surface area contributed by atoms with Crippen LogP contribution < -0.4 is 11.3 Å². The van der Waals surface area contributed by atoms with E-state index in [1.165, 1.54) is 12.1 Å². The number of hydrogen-bond acceptors (Lipinski definition) is 4. The molecular formula is C18H19ClFN5O. The first-order valence-electron chi connectivity index (χ1n) is 8.55. The molecule has 6 nitrogen and oxygen atoms in total. The standard InChI is InChI=1S/C18H19ClFN5O/c1-3-18(21,10-4-7-13(20)12(19)8-10)16-14-15(23-24(16)2)17(26)25(9-22-14)11-5-6-11/h4,7-9,11H,3,5-6,21H2,1-2H3/t18-/m1/s1. The van der Waals surface area contributed by atoms with E-state index in [2.05, 4.69) is 10.1 Å². The zero-order valence-electron chi connectivity index (χ0n) is 14.5. The molecule has 0 aliphatic heterocycles. The highest BCUT2D eigenvalue weighted by molar-refractivity contribution is 6.30. The van der Waals surface area contributed by atoms with Crippen LogP contribution in [-0.4, -0.2) is 19.3 Å². The number of benzene rings is 1. The first-order chi connectivity index (χ1) is 12.4. The number of hydrogen-bond donors (Lipinski definition) is 1. The highest BCUT2D eigenvalue weighted by Gasteiger charge is 2.36. The Morgan fingerprint density at radius 1 is 1.38 bits per heavy atom. The monoisotopic (exact) mass is 375 g/mol. The predicted octanol–water partition coefficient (Wildman–Crippen LogP) is 2.87. The summed E-state index contributed by atoms with van der Waals surface area (Å²) in [6.45, 7) is 1.92. The van der Waals surface area contributed by atoms with E-state index in [1.54, 1.807) is 28.7 Å². The second kappa shape index (κ2) is 5.89. The molecule has 2 aromatic heterocycles. The van der Waals surface area contributed by atoms with Gasteiger partial charge in [-0.25, -0.2) is 9.37 Å². The Bertz CT molecular complexity index is 1070. The van der Waals surface area contributed by atoms with Crippen LogP contribution in [0.25, 0.3) is 11.0 Å². The zero-order valence-corrected chi connectivity index (χ0v) is 15.3. The number of rotatable bonds is 4. The smallest absolute Gasteiger partial charge is 0.282 e. The highest BCUT2D eigenvalue weighted by atomic mass is 35.5. The Balaban J connectivity index is 1.96. The molecule has 2 heterocycles. The minimum atomic E-state index is -1.01. The maximum atomic E-state index is 13.6. The SMILES string of the molecule is CC[C@@](N)(c1ccc(F)c(Cl)c1)c1c2ncn(C3CC3)c(=O)c2nn1C. The van der Waals surface area contributed by atoms with E-state index in [9.17, 15) is 9.18 Å². The van der Waals surface area contributed by atoms with Gasteiger partial charge in [0.15, 0.2) is 5.52 Å². The Morgan fingerprint density at radius 2 is 2.12 bits per heavy atom. The van der Waals surface area contributed by atoms with Crippen LogP contribution in [0, 0.1) is 5.82 Å². The molecule has 136 valence electrons. The third-order valence-electron chi connectivity index (χ3n) is 5.13. The van der Waals surface area contributed by atoms with Gasteiger partial charge in [-0.05, 0) is 37.0 Å². The third kappa shape index (κ3) is 2.46. The summed E-state index contributed by atoms with van der Waals surface area (Å²) in [5, 5.41) is 4.40. The molecule has 0 radical (unpaired) electrons. The molecule has 0 unspecified atom stereocenters. The number of aryl methyl sites for hydroxylation is 1. The van der Waals surface area contributed by atoms with Gasteiger partial charge in [0.05, 0.1) is 22.6 Å². The molecule has 1 fully saturated rings. The lowest BCUT2D eigenvalue weighted by Gasteiger charge is -2.29. The number of aromatic nitrogens is 4. The summed E-state index contributed by atoms with van der Waals surface area (Å²) >= 11 is 5.96. The van der Waals surface area contributed by atoms with Crippen LogP contribution in [0.2, 0.25) is 5.02 Å². The van der Waals surface area contributed by atoms with Crippen LogP contribution in [0.15, 0.2) is 29.3 Å². The summed E-state index contributed by atoms with van der Waals surface area (Å²) in [5.41, 5.74) is 7.60. The van der Waals surface area contributed by atoms with Crippen LogP contribution in [0.5, 0.6) is 0 Å². The molecule has 1 aliphatic carbocycles. The summed E-state index contributed by atoms with van der Waals surface area (Å²) in [6, 6.07) is 4.63. The summed E-state index contributed by atoms with van der Waals surface area (Å²) in [7, 11) is 1.74. The molecule has 1 atom stereocenters. The molecule has 0 bridgehead atoms. The fourth-order valence-electron chi connectivity index (χ4n) is 3.47. The molecule has 4 rings (SSSR count). The number of nitrogens with zero attached hydrogens (tertiary/aromatic N) is 4. The molecule has 26 heavy (non-hydrogen) atoms. The predicted molar refractivity (Wildman–Crippen MR) is 97.7 cm³/mol. The van der Waals surface area contributed by atoms with Crippen molar-refractivity contribution in [1.82, 2.24) is 19.3 Å². The first kappa shape index (κ1) is 17.2. The van der Waals surface area contributed by atoms with Gasteiger partial charge in [0.2, 0.25) is 0 Å². The molecule has 0 amide bonds. The second-order valence-electron chi connectivity index (χ2n) is 6.81.